The lowest BCUT2D eigenvalue weighted by Gasteiger charge is -2.21. The molecule has 1 aliphatic heterocycles. The summed E-state index contributed by atoms with van der Waals surface area (Å²) in [6.07, 6.45) is -0.730. The van der Waals surface area contributed by atoms with Crippen LogP contribution >= 0.6 is 0 Å². The highest BCUT2D eigenvalue weighted by atomic mass is 19.1. The van der Waals surface area contributed by atoms with Gasteiger partial charge < -0.3 is 20.1 Å². The van der Waals surface area contributed by atoms with Crippen LogP contribution in [-0.2, 0) is 4.79 Å². The summed E-state index contributed by atoms with van der Waals surface area (Å²) < 4.78 is 18.9. The molecule has 0 saturated heterocycles. The lowest BCUT2D eigenvalue weighted by molar-refractivity contribution is -0.117. The van der Waals surface area contributed by atoms with Gasteiger partial charge in [-0.3, -0.25) is 4.79 Å². The molecule has 2 N–H and O–H groups in total. The first-order chi connectivity index (χ1) is 9.09. The summed E-state index contributed by atoms with van der Waals surface area (Å²) in [5.74, 6) is -0.952. The van der Waals surface area contributed by atoms with Crippen molar-refractivity contribution in [1.82, 2.24) is 5.32 Å². The molecule has 1 aliphatic rings. The first kappa shape index (κ1) is 13.1. The lowest BCUT2D eigenvalue weighted by atomic mass is 10.2. The van der Waals surface area contributed by atoms with Gasteiger partial charge in [-0.2, -0.15) is 0 Å². The largest absolute Gasteiger partial charge is 0.488 e. The summed E-state index contributed by atoms with van der Waals surface area (Å²) >= 11 is 0. The molecule has 0 unspecified atom stereocenters. The van der Waals surface area contributed by atoms with Crippen LogP contribution in [0.5, 0.6) is 5.75 Å². The van der Waals surface area contributed by atoms with Crippen LogP contribution in [0, 0.1) is 5.82 Å². The van der Waals surface area contributed by atoms with E-state index in [2.05, 4.69) is 0 Å². The van der Waals surface area contributed by atoms with Gasteiger partial charge in [0.2, 0.25) is 5.91 Å². The maximum Gasteiger partial charge on any atom is 0.405 e. The molecule has 0 aromatic heterocycles. The number of fused-ring (bicyclic) bond motifs is 1. The zero-order valence-electron chi connectivity index (χ0n) is 10.1. The third-order valence-corrected chi connectivity index (χ3v) is 2.70. The van der Waals surface area contributed by atoms with Gasteiger partial charge in [-0.05, 0) is 18.6 Å². The van der Waals surface area contributed by atoms with Crippen molar-refractivity contribution in [3.05, 3.63) is 24.0 Å². The van der Waals surface area contributed by atoms with Crippen molar-refractivity contribution in [1.29, 1.82) is 0 Å². The maximum atomic E-state index is 13.6. The van der Waals surface area contributed by atoms with E-state index in [1.54, 1.807) is 6.07 Å². The van der Waals surface area contributed by atoms with Crippen LogP contribution in [0.25, 0.3) is 0 Å². The molecule has 0 saturated carbocycles. The number of anilines is 1. The number of halogens is 1. The fraction of sp³-hybridized carbons (Fsp3) is 0.333. The number of para-hydroxylation sites is 1. The number of carbonyl (C=O) groups excluding carboxylic acids is 1. The highest BCUT2D eigenvalue weighted by Gasteiger charge is 2.24. The number of hydrogen-bond acceptors (Lipinski definition) is 3. The van der Waals surface area contributed by atoms with Gasteiger partial charge in [-0.15, -0.1) is 0 Å². The number of hydrogen-bond donors (Lipinski definition) is 2. The summed E-state index contributed by atoms with van der Waals surface area (Å²) in [4.78, 5) is 23.7. The van der Waals surface area contributed by atoms with Crippen LogP contribution in [-0.4, -0.2) is 36.8 Å². The van der Waals surface area contributed by atoms with Gasteiger partial charge in [0.25, 0.3) is 0 Å². The molecule has 19 heavy (non-hydrogen) atoms. The Balaban J connectivity index is 2.24. The van der Waals surface area contributed by atoms with Crippen LogP contribution in [0.3, 0.4) is 0 Å². The molecule has 0 bridgehead atoms. The molecule has 1 heterocycles. The van der Waals surface area contributed by atoms with E-state index in [4.69, 9.17) is 9.84 Å². The van der Waals surface area contributed by atoms with E-state index in [9.17, 15) is 14.0 Å². The highest BCUT2D eigenvalue weighted by Crippen LogP contribution is 2.33. The normalized spacial score (nSPS) is 14.1. The van der Waals surface area contributed by atoms with Crippen molar-refractivity contribution in [3.8, 4) is 5.75 Å². The predicted molar refractivity (Wildman–Crippen MR) is 64.9 cm³/mol. The molecule has 1 aromatic carbocycles. The zero-order valence-corrected chi connectivity index (χ0v) is 10.1. The van der Waals surface area contributed by atoms with E-state index >= 15 is 0 Å². The fourth-order valence-corrected chi connectivity index (χ4v) is 1.88. The van der Waals surface area contributed by atoms with Gasteiger partial charge in [-0.25, -0.2) is 9.18 Å². The molecule has 2 rings (SSSR count). The molecule has 0 fully saturated rings. The number of rotatable bonds is 2. The Morgan fingerprint density at radius 2 is 2.26 bits per heavy atom. The number of carboxylic acid groups (broad SMARTS) is 1. The van der Waals surface area contributed by atoms with Gasteiger partial charge in [0.05, 0.1) is 12.3 Å². The van der Waals surface area contributed by atoms with Crippen LogP contribution in [0.1, 0.15) is 6.42 Å². The second kappa shape index (κ2) is 5.55. The van der Waals surface area contributed by atoms with E-state index in [1.807, 2.05) is 5.32 Å². The molecule has 1 aromatic rings. The number of nitrogens with zero attached hydrogens (tertiary/aromatic N) is 1. The predicted octanol–water partition coefficient (Wildman–Crippen LogP) is 1.21. The topological polar surface area (TPSA) is 78.9 Å². The summed E-state index contributed by atoms with van der Waals surface area (Å²) in [6, 6.07) is 4.30. The Morgan fingerprint density at radius 1 is 1.47 bits per heavy atom. The standard InChI is InChI=1S/C12H13FN2O4/c13-8-3-1-4-9-11(8)19-6-2-5-15(9)10(16)7-14-12(17)18/h1,3-4,14H,2,5-7H2,(H,17,18). The van der Waals surface area contributed by atoms with Gasteiger partial charge in [0.15, 0.2) is 11.6 Å². The molecule has 2 amide bonds. The quantitative estimate of drug-likeness (QED) is 0.845. The molecule has 0 atom stereocenters. The third-order valence-electron chi connectivity index (χ3n) is 2.70. The number of benzene rings is 1. The zero-order chi connectivity index (χ0) is 13.8. The molecule has 102 valence electrons. The molecule has 0 spiro atoms. The van der Waals surface area contributed by atoms with Gasteiger partial charge >= 0.3 is 6.09 Å². The maximum absolute atomic E-state index is 13.6. The second-order valence-electron chi connectivity index (χ2n) is 3.99. The Morgan fingerprint density at radius 3 is 3.00 bits per heavy atom. The molecule has 0 aliphatic carbocycles. The Bertz CT molecular complexity index is 507. The van der Waals surface area contributed by atoms with E-state index in [0.717, 1.165) is 0 Å². The molecular formula is C12H13FN2O4. The van der Waals surface area contributed by atoms with Gasteiger partial charge in [0, 0.05) is 6.54 Å². The number of carbonyl (C=O) groups is 2. The minimum atomic E-state index is -1.28. The highest BCUT2D eigenvalue weighted by molar-refractivity contribution is 5.97. The van der Waals surface area contributed by atoms with Crippen LogP contribution in [0.15, 0.2) is 18.2 Å². The van der Waals surface area contributed by atoms with Crippen molar-refractivity contribution in [2.45, 2.75) is 6.42 Å². The number of nitrogens with one attached hydrogen (secondary N) is 1. The SMILES string of the molecule is O=C(O)NCC(=O)N1CCCOc2c(F)cccc21. The average Bonchev–Trinajstić information content (AvgIpc) is 2.59. The van der Waals surface area contributed by atoms with Crippen LogP contribution in [0.4, 0.5) is 14.9 Å². The summed E-state index contributed by atoms with van der Waals surface area (Å²) in [5.41, 5.74) is 0.328. The van der Waals surface area contributed by atoms with Gasteiger partial charge in [0.1, 0.15) is 6.54 Å². The van der Waals surface area contributed by atoms with Crippen molar-refractivity contribution >= 4 is 17.7 Å². The minimum absolute atomic E-state index is 0.0312. The second-order valence-corrected chi connectivity index (χ2v) is 3.99. The average molecular weight is 268 g/mol. The number of amides is 2. The third kappa shape index (κ3) is 2.93. The fourth-order valence-electron chi connectivity index (χ4n) is 1.88. The molecule has 0 radical (unpaired) electrons. The van der Waals surface area contributed by atoms with Gasteiger partial charge in [-0.1, -0.05) is 6.07 Å². The summed E-state index contributed by atoms with van der Waals surface area (Å²) in [7, 11) is 0. The molecule has 7 heteroatoms. The van der Waals surface area contributed by atoms with Crippen molar-refractivity contribution < 1.29 is 23.8 Å². The summed E-state index contributed by atoms with van der Waals surface area (Å²) in [6.45, 7) is 0.311. The summed E-state index contributed by atoms with van der Waals surface area (Å²) in [5, 5.41) is 10.5. The Labute approximate surface area is 108 Å². The Kier molecular flexibility index (Phi) is 3.84. The van der Waals surface area contributed by atoms with E-state index < -0.39 is 17.8 Å². The lowest BCUT2D eigenvalue weighted by Crippen LogP contribution is -2.40. The van der Waals surface area contributed by atoms with Crippen molar-refractivity contribution in [2.75, 3.05) is 24.6 Å². The van der Waals surface area contributed by atoms with E-state index in [1.165, 1.54) is 17.0 Å². The van der Waals surface area contributed by atoms with Crippen molar-refractivity contribution in [2.24, 2.45) is 0 Å². The van der Waals surface area contributed by atoms with E-state index in [0.29, 0.717) is 25.3 Å². The minimum Gasteiger partial charge on any atom is -0.488 e. The number of ether oxygens (including phenoxy) is 1. The monoisotopic (exact) mass is 268 g/mol. The van der Waals surface area contributed by atoms with Crippen molar-refractivity contribution in [3.63, 3.8) is 0 Å². The van der Waals surface area contributed by atoms with Crippen LogP contribution in [0.2, 0.25) is 0 Å². The first-order valence-electron chi connectivity index (χ1n) is 5.78. The Hall–Kier alpha value is -2.31. The van der Waals surface area contributed by atoms with E-state index in [-0.39, 0.29) is 12.3 Å². The molecule has 6 nitrogen and oxygen atoms in total. The molecular weight excluding hydrogens is 255 g/mol. The van der Waals surface area contributed by atoms with Crippen LogP contribution < -0.4 is 15.0 Å². The first-order valence-corrected chi connectivity index (χ1v) is 5.78. The smallest absolute Gasteiger partial charge is 0.405 e.